The zero-order valence-electron chi connectivity index (χ0n) is 8.66. The molecule has 0 radical (unpaired) electrons. The maximum atomic E-state index is 3.83. The van der Waals surface area contributed by atoms with Gasteiger partial charge in [-0.05, 0) is 24.6 Å². The second-order valence-electron chi connectivity index (χ2n) is 3.15. The Morgan fingerprint density at radius 3 is 2.54 bits per heavy atom. The minimum atomic E-state index is 0.526. The van der Waals surface area contributed by atoms with Gasteiger partial charge in [-0.1, -0.05) is 32.2 Å². The summed E-state index contributed by atoms with van der Waals surface area (Å²) in [7, 11) is 1.96. The van der Waals surface area contributed by atoms with Gasteiger partial charge in [0.05, 0.1) is 0 Å². The van der Waals surface area contributed by atoms with E-state index < -0.39 is 0 Å². The molecule has 0 spiro atoms. The molecule has 1 unspecified atom stereocenters. The van der Waals surface area contributed by atoms with Gasteiger partial charge in [0, 0.05) is 12.7 Å². The molecule has 1 nitrogen and oxygen atoms in total. The third-order valence-electron chi connectivity index (χ3n) is 1.87. The molecule has 0 N–H and O–H groups in total. The van der Waals surface area contributed by atoms with Gasteiger partial charge in [0.15, 0.2) is 0 Å². The Hall–Kier alpha value is -1.24. The topological polar surface area (TPSA) is 3.24 Å². The van der Waals surface area contributed by atoms with E-state index in [2.05, 4.69) is 32.7 Å². The largest absolute Gasteiger partial charge is 0.352 e. The predicted octanol–water partition coefficient (Wildman–Crippen LogP) is 3.34. The van der Waals surface area contributed by atoms with E-state index in [-0.39, 0.29) is 0 Å². The first-order chi connectivity index (χ1) is 6.11. The predicted molar refractivity (Wildman–Crippen MR) is 60.2 cm³/mol. The van der Waals surface area contributed by atoms with Gasteiger partial charge in [-0.3, -0.25) is 0 Å². The van der Waals surface area contributed by atoms with Crippen molar-refractivity contribution in [3.63, 3.8) is 0 Å². The molecule has 1 heteroatoms. The lowest BCUT2D eigenvalue weighted by atomic mass is 10.1. The Bertz CT molecular complexity index is 213. The van der Waals surface area contributed by atoms with Crippen LogP contribution in [0.15, 0.2) is 49.9 Å². The quantitative estimate of drug-likeness (QED) is 0.444. The van der Waals surface area contributed by atoms with Crippen LogP contribution < -0.4 is 0 Å². The highest BCUT2D eigenvalue weighted by Crippen LogP contribution is 2.06. The molecule has 0 amide bonds. The molecule has 0 aliphatic carbocycles. The highest BCUT2D eigenvalue weighted by atomic mass is 15.1. The summed E-state index contributed by atoms with van der Waals surface area (Å²) in [6.07, 6.45) is 8.82. The van der Waals surface area contributed by atoms with Crippen molar-refractivity contribution in [3.05, 3.63) is 49.9 Å². The van der Waals surface area contributed by atoms with Crippen LogP contribution in [-0.4, -0.2) is 11.9 Å². The molecule has 72 valence electrons. The van der Waals surface area contributed by atoms with Gasteiger partial charge in [0.1, 0.15) is 0 Å². The summed E-state index contributed by atoms with van der Waals surface area (Å²) in [5.41, 5.74) is 0.905. The van der Waals surface area contributed by atoms with Gasteiger partial charge in [0.25, 0.3) is 0 Å². The normalized spacial score (nSPS) is 12.5. The van der Waals surface area contributed by atoms with Gasteiger partial charge in [0.2, 0.25) is 0 Å². The van der Waals surface area contributed by atoms with Crippen LogP contribution in [0, 0.1) is 5.92 Å². The molecule has 0 bridgehead atoms. The lowest BCUT2D eigenvalue weighted by Gasteiger charge is -2.14. The number of hydrogen-bond donors (Lipinski definition) is 0. The molecule has 0 aromatic carbocycles. The van der Waals surface area contributed by atoms with E-state index in [1.54, 1.807) is 6.08 Å². The average Bonchev–Trinajstić information content (AvgIpc) is 2.13. The molecule has 0 saturated heterocycles. The first kappa shape index (κ1) is 11.8. The molecule has 0 aliphatic heterocycles. The fraction of sp³-hybridized carbons (Fsp3) is 0.333. The molecule has 0 aliphatic rings. The number of hydrogen-bond acceptors (Lipinski definition) is 1. The summed E-state index contributed by atoms with van der Waals surface area (Å²) in [5, 5.41) is 0. The van der Waals surface area contributed by atoms with Crippen LogP contribution in [0.2, 0.25) is 0 Å². The molecule has 0 saturated carbocycles. The third kappa shape index (κ3) is 5.07. The summed E-state index contributed by atoms with van der Waals surface area (Å²) in [6, 6.07) is 0. The van der Waals surface area contributed by atoms with E-state index in [1.165, 1.54) is 0 Å². The van der Waals surface area contributed by atoms with Gasteiger partial charge in [-0.2, -0.15) is 0 Å². The third-order valence-corrected chi connectivity index (χ3v) is 1.87. The number of likely N-dealkylation sites (N-methyl/N-ethyl adjacent to an activating group) is 1. The van der Waals surface area contributed by atoms with Crippen molar-refractivity contribution in [2.75, 3.05) is 7.05 Å². The van der Waals surface area contributed by atoms with E-state index in [0.717, 1.165) is 12.1 Å². The van der Waals surface area contributed by atoms with Crippen LogP contribution in [0.5, 0.6) is 0 Å². The van der Waals surface area contributed by atoms with Crippen molar-refractivity contribution < 1.29 is 0 Å². The first-order valence-corrected chi connectivity index (χ1v) is 4.45. The van der Waals surface area contributed by atoms with Crippen LogP contribution >= 0.6 is 0 Å². The van der Waals surface area contributed by atoms with E-state index in [9.17, 15) is 0 Å². The maximum absolute atomic E-state index is 3.83. The molecular weight excluding hydrogens is 158 g/mol. The van der Waals surface area contributed by atoms with Crippen molar-refractivity contribution in [2.45, 2.75) is 13.3 Å². The highest BCUT2D eigenvalue weighted by Gasteiger charge is 1.94. The van der Waals surface area contributed by atoms with E-state index in [0.29, 0.717) is 5.92 Å². The van der Waals surface area contributed by atoms with Crippen molar-refractivity contribution in [1.82, 2.24) is 4.90 Å². The summed E-state index contributed by atoms with van der Waals surface area (Å²) in [6.45, 7) is 13.3. The zero-order valence-corrected chi connectivity index (χ0v) is 8.66. The Kier molecular flexibility index (Phi) is 5.69. The van der Waals surface area contributed by atoms with Crippen LogP contribution in [0.3, 0.4) is 0 Å². The Labute approximate surface area is 81.8 Å². The SMILES string of the molecule is C=CCC(C)/C=C/N(C)C(=C)C=C. The molecular formula is C12H19N. The first-order valence-electron chi connectivity index (χ1n) is 4.45. The number of nitrogens with zero attached hydrogens (tertiary/aromatic N) is 1. The standard InChI is InChI=1S/C12H19N/c1-6-8-11(3)9-10-13(5)12(4)7-2/h6-7,9-11H,1-2,4,8H2,3,5H3/b10-9+. The fourth-order valence-electron chi connectivity index (χ4n) is 0.857. The van der Waals surface area contributed by atoms with Crippen molar-refractivity contribution in [3.8, 4) is 0 Å². The molecule has 0 heterocycles. The Morgan fingerprint density at radius 1 is 1.46 bits per heavy atom. The van der Waals surface area contributed by atoms with Gasteiger partial charge >= 0.3 is 0 Å². The van der Waals surface area contributed by atoms with Crippen molar-refractivity contribution in [1.29, 1.82) is 0 Å². The van der Waals surface area contributed by atoms with Gasteiger partial charge in [-0.25, -0.2) is 0 Å². The zero-order chi connectivity index (χ0) is 10.3. The van der Waals surface area contributed by atoms with E-state index in [1.807, 2.05) is 24.2 Å². The highest BCUT2D eigenvalue weighted by molar-refractivity contribution is 5.12. The van der Waals surface area contributed by atoms with Gasteiger partial charge < -0.3 is 4.90 Å². The van der Waals surface area contributed by atoms with Gasteiger partial charge in [-0.15, -0.1) is 6.58 Å². The molecule has 0 rings (SSSR count). The van der Waals surface area contributed by atoms with Crippen LogP contribution in [0.4, 0.5) is 0 Å². The number of rotatable bonds is 6. The lowest BCUT2D eigenvalue weighted by Crippen LogP contribution is -2.07. The average molecular weight is 177 g/mol. The molecule has 0 aromatic heterocycles. The molecule has 1 atom stereocenters. The minimum Gasteiger partial charge on any atom is -0.352 e. The second-order valence-corrected chi connectivity index (χ2v) is 3.15. The summed E-state index contributed by atoms with van der Waals surface area (Å²) in [5.74, 6) is 0.526. The van der Waals surface area contributed by atoms with Crippen LogP contribution in [0.1, 0.15) is 13.3 Å². The molecule has 0 aromatic rings. The smallest absolute Gasteiger partial charge is 0.0324 e. The van der Waals surface area contributed by atoms with Crippen molar-refractivity contribution in [2.24, 2.45) is 5.92 Å². The van der Waals surface area contributed by atoms with E-state index >= 15 is 0 Å². The summed E-state index contributed by atoms with van der Waals surface area (Å²) < 4.78 is 0. The lowest BCUT2D eigenvalue weighted by molar-refractivity contribution is 0.579. The Balaban J connectivity index is 4.02. The molecule has 13 heavy (non-hydrogen) atoms. The van der Waals surface area contributed by atoms with E-state index in [4.69, 9.17) is 0 Å². The van der Waals surface area contributed by atoms with Crippen LogP contribution in [-0.2, 0) is 0 Å². The minimum absolute atomic E-state index is 0.526. The summed E-state index contributed by atoms with van der Waals surface area (Å²) >= 11 is 0. The monoisotopic (exact) mass is 177 g/mol. The maximum Gasteiger partial charge on any atom is 0.0324 e. The Morgan fingerprint density at radius 2 is 2.08 bits per heavy atom. The fourth-order valence-corrected chi connectivity index (χ4v) is 0.857. The van der Waals surface area contributed by atoms with Crippen molar-refractivity contribution >= 4 is 0 Å². The summed E-state index contributed by atoms with van der Waals surface area (Å²) in [4.78, 5) is 1.95. The second kappa shape index (κ2) is 6.30. The molecule has 0 fully saturated rings. The van der Waals surface area contributed by atoms with Crippen LogP contribution in [0.25, 0.3) is 0 Å². The number of allylic oxidation sites excluding steroid dienone is 3.